The predicted octanol–water partition coefficient (Wildman–Crippen LogP) is -1.14. The molecule has 2 aromatic heterocycles. The molecule has 0 atom stereocenters. The lowest BCUT2D eigenvalue weighted by molar-refractivity contribution is 0.249. The second kappa shape index (κ2) is 10.3. The van der Waals surface area contributed by atoms with E-state index in [1.165, 1.54) is 11.6 Å². The number of rotatable bonds is 4. The first kappa shape index (κ1) is 24.0. The second-order valence-electron chi connectivity index (χ2n) is 7.44. The maximum atomic E-state index is 12.5. The van der Waals surface area contributed by atoms with E-state index >= 15 is 0 Å². The van der Waals surface area contributed by atoms with E-state index in [9.17, 15) is 9.59 Å². The van der Waals surface area contributed by atoms with Gasteiger partial charge in [0.1, 0.15) is 0 Å². The molecule has 32 heavy (non-hydrogen) atoms. The zero-order chi connectivity index (χ0) is 23.4. The van der Waals surface area contributed by atoms with E-state index in [-0.39, 0.29) is 11.2 Å². The van der Waals surface area contributed by atoms with Crippen molar-refractivity contribution in [3.8, 4) is 0 Å². The van der Waals surface area contributed by atoms with Gasteiger partial charge in [-0.2, -0.15) is 0 Å². The molecule has 0 radical (unpaired) electrons. The summed E-state index contributed by atoms with van der Waals surface area (Å²) in [6, 6.07) is 7.92. The number of halogens is 1. The standard InChI is InChI=1S/C19H23ClN6O2.BH3O3/c1-22-17-16(18(27)23(2)19(22)28)26(13-21-17)12-9-24-7-10-25(11-8-24)15-6-4-3-5-14(15)20;2-1(3)4/h3-6,13H,7-12H2,1-2H3;2-4H. The van der Waals surface area contributed by atoms with Crippen LogP contribution in [0.1, 0.15) is 0 Å². The van der Waals surface area contributed by atoms with E-state index in [4.69, 9.17) is 26.7 Å². The number of para-hydroxylation sites is 1. The van der Waals surface area contributed by atoms with E-state index in [1.807, 2.05) is 22.8 Å². The molecule has 3 aromatic rings. The Bertz CT molecular complexity index is 1180. The van der Waals surface area contributed by atoms with Crippen LogP contribution in [0, 0.1) is 0 Å². The van der Waals surface area contributed by atoms with Crippen LogP contribution in [0.2, 0.25) is 5.02 Å². The molecule has 0 bridgehead atoms. The third kappa shape index (κ3) is 5.22. The molecule has 1 saturated heterocycles. The molecule has 0 saturated carbocycles. The highest BCUT2D eigenvalue weighted by atomic mass is 35.5. The Labute approximate surface area is 189 Å². The number of anilines is 1. The van der Waals surface area contributed by atoms with Gasteiger partial charge in [0.15, 0.2) is 11.2 Å². The Hall–Kier alpha value is -2.64. The van der Waals surface area contributed by atoms with E-state index in [0.29, 0.717) is 17.7 Å². The second-order valence-corrected chi connectivity index (χ2v) is 7.85. The number of hydrogen-bond acceptors (Lipinski definition) is 8. The summed E-state index contributed by atoms with van der Waals surface area (Å²) in [4.78, 5) is 33.5. The largest absolute Gasteiger partial charge is 0.631 e. The van der Waals surface area contributed by atoms with Gasteiger partial charge in [-0.25, -0.2) is 9.78 Å². The van der Waals surface area contributed by atoms with Crippen molar-refractivity contribution in [2.24, 2.45) is 14.1 Å². The molecule has 3 N–H and O–H groups in total. The Morgan fingerprint density at radius 3 is 2.25 bits per heavy atom. The molecular weight excluding hydrogens is 439 g/mol. The number of piperazine rings is 1. The normalized spacial score (nSPS) is 14.4. The van der Waals surface area contributed by atoms with E-state index in [0.717, 1.165) is 48.0 Å². The highest BCUT2D eigenvalue weighted by Crippen LogP contribution is 2.26. The minimum absolute atomic E-state index is 0.306. The molecule has 1 aliphatic heterocycles. The van der Waals surface area contributed by atoms with Gasteiger partial charge in [-0.3, -0.25) is 18.8 Å². The van der Waals surface area contributed by atoms with Crippen LogP contribution in [0.5, 0.6) is 0 Å². The number of nitrogens with zero attached hydrogens (tertiary/aromatic N) is 6. The first-order valence-corrected chi connectivity index (χ1v) is 10.5. The summed E-state index contributed by atoms with van der Waals surface area (Å²) in [5.41, 5.74) is 1.31. The van der Waals surface area contributed by atoms with Crippen molar-refractivity contribution < 1.29 is 15.1 Å². The van der Waals surface area contributed by atoms with Gasteiger partial charge in [-0.15, -0.1) is 0 Å². The van der Waals surface area contributed by atoms with Crippen LogP contribution in [0.4, 0.5) is 5.69 Å². The number of hydrogen-bond donors (Lipinski definition) is 3. The lowest BCUT2D eigenvalue weighted by atomic mass is 10.2. The van der Waals surface area contributed by atoms with Gasteiger partial charge in [0, 0.05) is 53.4 Å². The Kier molecular flexibility index (Phi) is 7.75. The summed E-state index contributed by atoms with van der Waals surface area (Å²) >= 11 is 6.31. The van der Waals surface area contributed by atoms with Gasteiger partial charge < -0.3 is 24.5 Å². The average Bonchev–Trinajstić information content (AvgIpc) is 3.19. The van der Waals surface area contributed by atoms with Crippen molar-refractivity contribution in [2.75, 3.05) is 37.6 Å². The number of imidazole rings is 1. The van der Waals surface area contributed by atoms with Gasteiger partial charge in [-0.05, 0) is 12.1 Å². The van der Waals surface area contributed by atoms with Crippen molar-refractivity contribution >= 4 is 35.8 Å². The van der Waals surface area contributed by atoms with Crippen molar-refractivity contribution in [2.45, 2.75) is 6.54 Å². The van der Waals surface area contributed by atoms with E-state index in [1.54, 1.807) is 13.4 Å². The smallest absolute Gasteiger partial charge is 0.402 e. The van der Waals surface area contributed by atoms with Crippen molar-refractivity contribution in [1.29, 1.82) is 0 Å². The number of benzene rings is 1. The summed E-state index contributed by atoms with van der Waals surface area (Å²) in [5, 5.41) is 22.3. The minimum atomic E-state index is -2.17. The molecule has 1 aromatic carbocycles. The zero-order valence-corrected chi connectivity index (χ0v) is 18.7. The quantitative estimate of drug-likeness (QED) is 0.413. The van der Waals surface area contributed by atoms with Crippen LogP contribution in [-0.4, -0.2) is 78.7 Å². The van der Waals surface area contributed by atoms with Crippen LogP contribution >= 0.6 is 11.6 Å². The zero-order valence-electron chi connectivity index (χ0n) is 17.9. The van der Waals surface area contributed by atoms with Crippen molar-refractivity contribution in [1.82, 2.24) is 23.6 Å². The molecule has 13 heteroatoms. The molecule has 0 amide bonds. The van der Waals surface area contributed by atoms with Gasteiger partial charge in [0.25, 0.3) is 5.56 Å². The third-order valence-corrected chi connectivity index (χ3v) is 5.76. The fourth-order valence-electron chi connectivity index (χ4n) is 3.74. The molecule has 11 nitrogen and oxygen atoms in total. The van der Waals surface area contributed by atoms with Gasteiger partial charge in [0.05, 0.1) is 17.0 Å². The van der Waals surface area contributed by atoms with Crippen LogP contribution in [0.25, 0.3) is 11.2 Å². The van der Waals surface area contributed by atoms with Crippen LogP contribution < -0.4 is 16.1 Å². The fraction of sp³-hybridized carbons (Fsp3) is 0.421. The van der Waals surface area contributed by atoms with E-state index in [2.05, 4.69) is 20.9 Å². The molecule has 1 fully saturated rings. The number of aryl methyl sites for hydroxylation is 1. The van der Waals surface area contributed by atoms with Crippen molar-refractivity contribution in [3.05, 3.63) is 56.5 Å². The maximum Gasteiger partial charge on any atom is 0.631 e. The highest BCUT2D eigenvalue weighted by molar-refractivity contribution is 6.33. The SMILES string of the molecule is Cn1c(=O)c2c(ncn2CCN2CCN(c3ccccc3Cl)CC2)n(C)c1=O.OB(O)O. The van der Waals surface area contributed by atoms with Gasteiger partial charge in [-0.1, -0.05) is 23.7 Å². The molecule has 0 unspecified atom stereocenters. The number of fused-ring (bicyclic) bond motifs is 1. The monoisotopic (exact) mass is 464 g/mol. The Morgan fingerprint density at radius 2 is 1.62 bits per heavy atom. The lowest BCUT2D eigenvalue weighted by Crippen LogP contribution is -2.47. The highest BCUT2D eigenvalue weighted by Gasteiger charge is 2.19. The Balaban J connectivity index is 0.000000668. The lowest BCUT2D eigenvalue weighted by Gasteiger charge is -2.36. The van der Waals surface area contributed by atoms with Gasteiger partial charge in [0.2, 0.25) is 0 Å². The maximum absolute atomic E-state index is 12.5. The summed E-state index contributed by atoms with van der Waals surface area (Å²) in [6.07, 6.45) is 1.64. The molecule has 1 aliphatic rings. The van der Waals surface area contributed by atoms with E-state index < -0.39 is 7.32 Å². The minimum Gasteiger partial charge on any atom is -0.402 e. The first-order valence-electron chi connectivity index (χ1n) is 10.1. The molecule has 0 aliphatic carbocycles. The summed E-state index contributed by atoms with van der Waals surface area (Å²) < 4.78 is 4.38. The van der Waals surface area contributed by atoms with Crippen LogP contribution in [0.15, 0.2) is 40.2 Å². The van der Waals surface area contributed by atoms with Gasteiger partial charge >= 0.3 is 13.0 Å². The summed E-state index contributed by atoms with van der Waals surface area (Å²) in [5.74, 6) is 0. The fourth-order valence-corrected chi connectivity index (χ4v) is 3.99. The first-order chi connectivity index (χ1) is 15.2. The summed E-state index contributed by atoms with van der Waals surface area (Å²) in [6.45, 7) is 5.13. The molecule has 0 spiro atoms. The average molecular weight is 465 g/mol. The van der Waals surface area contributed by atoms with Crippen molar-refractivity contribution in [3.63, 3.8) is 0 Å². The Morgan fingerprint density at radius 1 is 1.00 bits per heavy atom. The molecule has 172 valence electrons. The molecule has 4 rings (SSSR count). The molecular formula is C19H26BClN6O5. The van der Waals surface area contributed by atoms with Crippen LogP contribution in [0.3, 0.4) is 0 Å². The summed E-state index contributed by atoms with van der Waals surface area (Å²) in [7, 11) is 0.963. The molecule has 3 heterocycles. The van der Waals surface area contributed by atoms with Crippen LogP contribution in [-0.2, 0) is 20.6 Å². The number of aromatic nitrogens is 4. The third-order valence-electron chi connectivity index (χ3n) is 5.44. The predicted molar refractivity (Wildman–Crippen MR) is 123 cm³/mol. The topological polar surface area (TPSA) is 129 Å².